The first-order valence-electron chi connectivity index (χ1n) is 38.8. The van der Waals surface area contributed by atoms with Crippen molar-refractivity contribution in [1.82, 2.24) is 0 Å². The minimum atomic E-state index is -5.00. The van der Waals surface area contributed by atoms with Crippen molar-refractivity contribution in [1.29, 1.82) is 0 Å². The molecular formula is C81H138O17P2. The van der Waals surface area contributed by atoms with E-state index in [4.69, 9.17) is 37.0 Å². The van der Waals surface area contributed by atoms with Crippen LogP contribution in [0.4, 0.5) is 0 Å². The summed E-state index contributed by atoms with van der Waals surface area (Å²) in [6.45, 7) is 4.53. The zero-order valence-electron chi connectivity index (χ0n) is 62.6. The number of hydrogen-bond donors (Lipinski definition) is 3. The molecule has 0 saturated heterocycles. The molecule has 17 nitrogen and oxygen atoms in total. The third kappa shape index (κ3) is 71.8. The minimum absolute atomic E-state index is 0.0300. The number of hydrogen-bond acceptors (Lipinski definition) is 15. The van der Waals surface area contributed by atoms with Crippen molar-refractivity contribution in [3.05, 3.63) is 122 Å². The SMILES string of the molecule is CC/C=C\C/C=C\C/C=C\C/C=C\C/C=C\C/C=C\CCC(=O)OCC(COP(=O)(O)OCC(O)COP(=O)(O)OCC(COC(=O)CCCCCCC/C=C\CCCCCCCC)OC(=O)CCCCCCCCCCCCC)OC(=O)CCCCCCC/C=C\C/C=C\C/C=C\CC. The van der Waals surface area contributed by atoms with Crippen LogP contribution in [0.15, 0.2) is 122 Å². The molecule has 0 spiro atoms. The summed E-state index contributed by atoms with van der Waals surface area (Å²) in [5, 5.41) is 10.6. The van der Waals surface area contributed by atoms with Crippen molar-refractivity contribution in [2.75, 3.05) is 39.6 Å². The topological polar surface area (TPSA) is 237 Å². The number of phosphoric acid groups is 2. The molecule has 5 atom stereocenters. The minimum Gasteiger partial charge on any atom is -0.462 e. The third-order valence-electron chi connectivity index (χ3n) is 15.9. The smallest absolute Gasteiger partial charge is 0.462 e. The predicted molar refractivity (Wildman–Crippen MR) is 408 cm³/mol. The average Bonchev–Trinajstić information content (AvgIpc) is 0.985. The highest BCUT2D eigenvalue weighted by atomic mass is 31.2. The molecule has 3 N–H and O–H groups in total. The molecule has 0 saturated carbocycles. The fraction of sp³-hybridized carbons (Fsp3) is 0.704. The Kier molecular flexibility index (Phi) is 69.5. The molecule has 5 unspecified atom stereocenters. The summed E-state index contributed by atoms with van der Waals surface area (Å²) < 4.78 is 68.4. The Bertz CT molecular complexity index is 2370. The number of carbonyl (C=O) groups excluding carboxylic acids is 4. The van der Waals surface area contributed by atoms with Crippen molar-refractivity contribution >= 4 is 39.5 Å². The lowest BCUT2D eigenvalue weighted by atomic mass is 10.1. The van der Waals surface area contributed by atoms with Gasteiger partial charge in [0.1, 0.15) is 19.3 Å². The van der Waals surface area contributed by atoms with Crippen molar-refractivity contribution < 1.29 is 80.2 Å². The second-order valence-corrected chi connectivity index (χ2v) is 28.4. The van der Waals surface area contributed by atoms with E-state index in [0.29, 0.717) is 32.1 Å². The normalized spacial score (nSPS) is 14.6. The van der Waals surface area contributed by atoms with Gasteiger partial charge in [-0.15, -0.1) is 0 Å². The fourth-order valence-electron chi connectivity index (χ4n) is 10.1. The highest BCUT2D eigenvalue weighted by Crippen LogP contribution is 2.45. The van der Waals surface area contributed by atoms with Gasteiger partial charge in [-0.2, -0.15) is 0 Å². The van der Waals surface area contributed by atoms with Gasteiger partial charge in [-0.1, -0.05) is 284 Å². The Balaban J connectivity index is 5.41. The molecule has 0 bridgehead atoms. The summed E-state index contributed by atoms with van der Waals surface area (Å²) in [5.74, 6) is -2.29. The van der Waals surface area contributed by atoms with E-state index in [1.807, 2.05) is 18.2 Å². The number of unbranched alkanes of at least 4 members (excludes halogenated alkanes) is 26. The first-order valence-corrected chi connectivity index (χ1v) is 41.8. The maximum absolute atomic E-state index is 13.1. The van der Waals surface area contributed by atoms with Gasteiger partial charge in [-0.25, -0.2) is 9.13 Å². The predicted octanol–water partition coefficient (Wildman–Crippen LogP) is 22.3. The maximum atomic E-state index is 13.1. The number of aliphatic hydroxyl groups is 1. The van der Waals surface area contributed by atoms with Gasteiger partial charge in [0, 0.05) is 25.7 Å². The molecule has 0 amide bonds. The number of ether oxygens (including phenoxy) is 4. The van der Waals surface area contributed by atoms with Gasteiger partial charge in [0.05, 0.1) is 26.4 Å². The van der Waals surface area contributed by atoms with Crippen LogP contribution in [0, 0.1) is 0 Å². The fourth-order valence-corrected chi connectivity index (χ4v) is 11.7. The maximum Gasteiger partial charge on any atom is 0.472 e. The molecule has 0 aliphatic carbocycles. The number of rotatable bonds is 72. The van der Waals surface area contributed by atoms with Crippen molar-refractivity contribution in [3.8, 4) is 0 Å². The summed E-state index contributed by atoms with van der Waals surface area (Å²) in [7, 11) is -9.97. The molecule has 0 heterocycles. The van der Waals surface area contributed by atoms with E-state index in [0.717, 1.165) is 148 Å². The number of allylic oxidation sites excluding steroid dienone is 20. The van der Waals surface area contributed by atoms with E-state index >= 15 is 0 Å². The Morgan fingerprint density at radius 3 is 0.870 bits per heavy atom. The van der Waals surface area contributed by atoms with Crippen molar-refractivity contribution in [2.24, 2.45) is 0 Å². The highest BCUT2D eigenvalue weighted by Gasteiger charge is 2.30. The molecule has 19 heteroatoms. The summed E-state index contributed by atoms with van der Waals surface area (Å²) in [6, 6.07) is 0. The van der Waals surface area contributed by atoms with Crippen LogP contribution in [0.1, 0.15) is 310 Å². The van der Waals surface area contributed by atoms with Crippen LogP contribution >= 0.6 is 15.6 Å². The van der Waals surface area contributed by atoms with Crippen LogP contribution < -0.4 is 0 Å². The Morgan fingerprint density at radius 1 is 0.290 bits per heavy atom. The zero-order chi connectivity index (χ0) is 73.2. The molecule has 0 rings (SSSR count). The second kappa shape index (κ2) is 72.8. The molecule has 0 aliphatic heterocycles. The Labute approximate surface area is 606 Å². The quantitative estimate of drug-likeness (QED) is 0.0169. The molecule has 0 aliphatic rings. The van der Waals surface area contributed by atoms with Gasteiger partial charge in [0.2, 0.25) is 0 Å². The van der Waals surface area contributed by atoms with Gasteiger partial charge >= 0.3 is 39.5 Å². The van der Waals surface area contributed by atoms with E-state index < -0.39 is 97.5 Å². The molecule has 0 aromatic rings. The van der Waals surface area contributed by atoms with Crippen LogP contribution in [-0.2, 0) is 65.4 Å². The van der Waals surface area contributed by atoms with E-state index in [9.17, 15) is 43.2 Å². The van der Waals surface area contributed by atoms with Crippen molar-refractivity contribution in [3.63, 3.8) is 0 Å². The number of esters is 4. The van der Waals surface area contributed by atoms with Crippen LogP contribution in [-0.4, -0.2) is 96.7 Å². The molecule has 0 radical (unpaired) electrons. The van der Waals surface area contributed by atoms with Gasteiger partial charge in [-0.3, -0.25) is 37.3 Å². The molecule has 0 aromatic heterocycles. The lowest BCUT2D eigenvalue weighted by molar-refractivity contribution is -0.161. The summed E-state index contributed by atoms with van der Waals surface area (Å²) >= 11 is 0. The summed E-state index contributed by atoms with van der Waals surface area (Å²) in [6.07, 6.45) is 79.2. The van der Waals surface area contributed by atoms with E-state index in [-0.39, 0.29) is 25.7 Å². The molecule has 574 valence electrons. The van der Waals surface area contributed by atoms with Crippen LogP contribution in [0.3, 0.4) is 0 Å². The third-order valence-corrected chi connectivity index (χ3v) is 17.8. The first-order chi connectivity index (χ1) is 48.7. The van der Waals surface area contributed by atoms with Gasteiger partial charge in [0.15, 0.2) is 12.2 Å². The van der Waals surface area contributed by atoms with Gasteiger partial charge in [-0.05, 0) is 122 Å². The molecule has 0 aromatic carbocycles. The van der Waals surface area contributed by atoms with Crippen molar-refractivity contribution in [2.45, 2.75) is 329 Å². The lowest BCUT2D eigenvalue weighted by Gasteiger charge is -2.21. The first kappa shape index (κ1) is 95.5. The molecule has 0 fully saturated rings. The molecular weight excluding hydrogens is 1310 g/mol. The van der Waals surface area contributed by atoms with Crippen LogP contribution in [0.25, 0.3) is 0 Å². The highest BCUT2D eigenvalue weighted by molar-refractivity contribution is 7.47. The number of aliphatic hydroxyl groups excluding tert-OH is 1. The van der Waals surface area contributed by atoms with Gasteiger partial charge < -0.3 is 33.8 Å². The summed E-state index contributed by atoms with van der Waals surface area (Å²) in [4.78, 5) is 72.8. The Hall–Kier alpha value is -4.54. The van der Waals surface area contributed by atoms with E-state index in [1.54, 1.807) is 0 Å². The lowest BCUT2D eigenvalue weighted by Crippen LogP contribution is -2.30. The number of phosphoric ester groups is 2. The van der Waals surface area contributed by atoms with E-state index in [1.165, 1.54) is 77.0 Å². The summed E-state index contributed by atoms with van der Waals surface area (Å²) in [5.41, 5.74) is 0. The van der Waals surface area contributed by atoms with Crippen LogP contribution in [0.5, 0.6) is 0 Å². The average molecular weight is 1450 g/mol. The zero-order valence-corrected chi connectivity index (χ0v) is 64.4. The Morgan fingerprint density at radius 2 is 0.540 bits per heavy atom. The van der Waals surface area contributed by atoms with E-state index in [2.05, 4.69) is 131 Å². The monoisotopic (exact) mass is 1440 g/mol. The van der Waals surface area contributed by atoms with Crippen LogP contribution in [0.2, 0.25) is 0 Å². The van der Waals surface area contributed by atoms with Gasteiger partial charge in [0.25, 0.3) is 0 Å². The standard InChI is InChI=1S/C81H138O17P2/c1-5-9-13-17-21-25-29-32-35-36-37-38-41-43-47-50-54-58-62-66-79(84)92-72-77(98-81(86)68-64-60-56-52-48-44-40-34-31-27-23-19-15-11-7-3)74-96-100(89,90)94-70-75(82)69-93-99(87,88)95-73-76(97-80(85)67-63-59-55-51-45-28-24-20-16-12-8-4)71-91-78(83)65-61-57-53-49-46-42-39-33-30-26-22-18-14-10-6-2/h9,11,13,15,21,23,25,27,32-35,37-40,43,47,54,58,75-77,82H,5-8,10,12,14,16-20,22,24,26,28-31,36,41-42,44-46,48-53,55-57,59-74H2,1-4H3,(H,87,88)(H,89,90)/b13-9-,15-11-,25-21-,27-23-,35-32-,38-37-,39-33-,40-34-,47-43-,58-54-. The number of carbonyl (C=O) groups is 4. The molecule has 100 heavy (non-hydrogen) atoms. The largest absolute Gasteiger partial charge is 0.472 e. The second-order valence-electron chi connectivity index (χ2n) is 25.5.